The third-order valence-corrected chi connectivity index (χ3v) is 3.21. The Balaban J connectivity index is 2.02. The average molecular weight is 275 g/mol. The summed E-state index contributed by atoms with van der Waals surface area (Å²) in [7, 11) is 0. The SMILES string of the molecule is Cc1nc(CNC(C)c2cccc([N+](=O)[O-])c2)oc1C. The maximum Gasteiger partial charge on any atom is 0.269 e. The second kappa shape index (κ2) is 5.83. The van der Waals surface area contributed by atoms with E-state index in [4.69, 9.17) is 4.42 Å². The highest BCUT2D eigenvalue weighted by Crippen LogP contribution is 2.19. The van der Waals surface area contributed by atoms with Crippen LogP contribution in [0.1, 0.15) is 35.9 Å². The number of nitrogens with zero attached hydrogens (tertiary/aromatic N) is 2. The molecule has 0 fully saturated rings. The molecule has 0 aliphatic carbocycles. The minimum absolute atomic E-state index is 0.0255. The van der Waals surface area contributed by atoms with Crippen molar-refractivity contribution in [3.63, 3.8) is 0 Å². The van der Waals surface area contributed by atoms with E-state index in [9.17, 15) is 10.1 Å². The molecule has 0 aliphatic rings. The molecular formula is C14H17N3O3. The first kappa shape index (κ1) is 14.2. The minimum Gasteiger partial charge on any atom is -0.444 e. The van der Waals surface area contributed by atoms with E-state index in [1.54, 1.807) is 12.1 Å². The van der Waals surface area contributed by atoms with Crippen molar-refractivity contribution in [3.8, 4) is 0 Å². The molecule has 0 spiro atoms. The van der Waals surface area contributed by atoms with E-state index in [2.05, 4.69) is 10.3 Å². The van der Waals surface area contributed by atoms with Crippen molar-refractivity contribution < 1.29 is 9.34 Å². The second-order valence-electron chi connectivity index (χ2n) is 4.70. The molecule has 0 amide bonds. The van der Waals surface area contributed by atoms with Gasteiger partial charge < -0.3 is 9.73 Å². The molecule has 1 heterocycles. The number of non-ortho nitro benzene ring substituents is 1. The van der Waals surface area contributed by atoms with Crippen molar-refractivity contribution in [3.05, 3.63) is 57.3 Å². The standard InChI is InChI=1S/C14H17N3O3/c1-9-11(3)20-14(16-9)8-15-10(2)12-5-4-6-13(7-12)17(18)19/h4-7,10,15H,8H2,1-3H3. The topological polar surface area (TPSA) is 81.2 Å². The Kier molecular flexibility index (Phi) is 4.14. The first-order chi connectivity index (χ1) is 9.47. The number of nitrogens with one attached hydrogen (secondary N) is 1. The molecule has 0 saturated heterocycles. The zero-order valence-corrected chi connectivity index (χ0v) is 11.7. The molecule has 106 valence electrons. The van der Waals surface area contributed by atoms with Crippen LogP contribution < -0.4 is 5.32 Å². The number of rotatable bonds is 5. The number of oxazole rings is 1. The Morgan fingerprint density at radius 1 is 1.45 bits per heavy atom. The lowest BCUT2D eigenvalue weighted by Crippen LogP contribution is -2.18. The van der Waals surface area contributed by atoms with Gasteiger partial charge in [0.05, 0.1) is 17.2 Å². The summed E-state index contributed by atoms with van der Waals surface area (Å²) in [6, 6.07) is 6.57. The number of hydrogen-bond acceptors (Lipinski definition) is 5. The van der Waals surface area contributed by atoms with Gasteiger partial charge in [0.2, 0.25) is 5.89 Å². The maximum atomic E-state index is 10.8. The van der Waals surface area contributed by atoms with Crippen LogP contribution in [-0.2, 0) is 6.54 Å². The summed E-state index contributed by atoms with van der Waals surface area (Å²) in [6.07, 6.45) is 0. The Morgan fingerprint density at radius 3 is 2.80 bits per heavy atom. The number of nitro groups is 1. The van der Waals surface area contributed by atoms with Crippen LogP contribution in [0.2, 0.25) is 0 Å². The van der Waals surface area contributed by atoms with Gasteiger partial charge in [-0.05, 0) is 26.3 Å². The molecule has 6 heteroatoms. The summed E-state index contributed by atoms with van der Waals surface area (Å²) in [6.45, 7) is 6.20. The van der Waals surface area contributed by atoms with Gasteiger partial charge in [0.25, 0.3) is 5.69 Å². The lowest BCUT2D eigenvalue weighted by Gasteiger charge is -2.12. The van der Waals surface area contributed by atoms with E-state index in [0.29, 0.717) is 12.4 Å². The lowest BCUT2D eigenvalue weighted by atomic mass is 10.1. The van der Waals surface area contributed by atoms with Crippen molar-refractivity contribution in [2.75, 3.05) is 0 Å². The van der Waals surface area contributed by atoms with Crippen molar-refractivity contribution in [1.82, 2.24) is 10.3 Å². The van der Waals surface area contributed by atoms with E-state index in [-0.39, 0.29) is 11.7 Å². The number of hydrogen-bond donors (Lipinski definition) is 1. The number of nitro benzene ring substituents is 1. The summed E-state index contributed by atoms with van der Waals surface area (Å²) < 4.78 is 5.48. The molecular weight excluding hydrogens is 258 g/mol. The molecule has 1 aromatic heterocycles. The van der Waals surface area contributed by atoms with Crippen LogP contribution in [-0.4, -0.2) is 9.91 Å². The summed E-state index contributed by atoms with van der Waals surface area (Å²) >= 11 is 0. The molecule has 0 radical (unpaired) electrons. The number of aryl methyl sites for hydroxylation is 2. The molecule has 1 N–H and O–H groups in total. The summed E-state index contributed by atoms with van der Waals surface area (Å²) in [5, 5.41) is 14.0. The number of benzene rings is 1. The van der Waals surface area contributed by atoms with E-state index < -0.39 is 4.92 Å². The minimum atomic E-state index is -0.392. The quantitative estimate of drug-likeness (QED) is 0.670. The third kappa shape index (κ3) is 3.21. The van der Waals surface area contributed by atoms with Crippen LogP contribution in [0.5, 0.6) is 0 Å². The van der Waals surface area contributed by atoms with E-state index >= 15 is 0 Å². The molecule has 0 bridgehead atoms. The van der Waals surface area contributed by atoms with Crippen molar-refractivity contribution in [1.29, 1.82) is 0 Å². The molecule has 0 aliphatic heterocycles. The Morgan fingerprint density at radius 2 is 2.20 bits per heavy atom. The van der Waals surface area contributed by atoms with Gasteiger partial charge in [0, 0.05) is 18.2 Å². The molecule has 20 heavy (non-hydrogen) atoms. The molecule has 2 aromatic rings. The van der Waals surface area contributed by atoms with Crippen LogP contribution in [0.15, 0.2) is 28.7 Å². The van der Waals surface area contributed by atoms with Gasteiger partial charge in [-0.15, -0.1) is 0 Å². The van der Waals surface area contributed by atoms with Gasteiger partial charge in [0.1, 0.15) is 5.76 Å². The van der Waals surface area contributed by atoms with Gasteiger partial charge in [-0.3, -0.25) is 10.1 Å². The fourth-order valence-electron chi connectivity index (χ4n) is 1.88. The molecule has 1 atom stereocenters. The Hall–Kier alpha value is -2.21. The van der Waals surface area contributed by atoms with Gasteiger partial charge >= 0.3 is 0 Å². The second-order valence-corrected chi connectivity index (χ2v) is 4.70. The van der Waals surface area contributed by atoms with Crippen LogP contribution in [0, 0.1) is 24.0 Å². The predicted molar refractivity (Wildman–Crippen MR) is 74.3 cm³/mol. The van der Waals surface area contributed by atoms with E-state index in [0.717, 1.165) is 17.0 Å². The molecule has 2 rings (SSSR count). The van der Waals surface area contributed by atoms with Gasteiger partial charge in [0.15, 0.2) is 0 Å². The highest BCUT2D eigenvalue weighted by atomic mass is 16.6. The first-order valence-electron chi connectivity index (χ1n) is 6.38. The van der Waals surface area contributed by atoms with Gasteiger partial charge in [-0.2, -0.15) is 0 Å². The van der Waals surface area contributed by atoms with Crippen molar-refractivity contribution in [2.24, 2.45) is 0 Å². The number of aromatic nitrogens is 1. The zero-order chi connectivity index (χ0) is 14.7. The molecule has 1 aromatic carbocycles. The van der Waals surface area contributed by atoms with Gasteiger partial charge in [-0.25, -0.2) is 4.98 Å². The zero-order valence-electron chi connectivity index (χ0n) is 11.7. The largest absolute Gasteiger partial charge is 0.444 e. The van der Waals surface area contributed by atoms with E-state index in [1.165, 1.54) is 6.07 Å². The summed E-state index contributed by atoms with van der Waals surface area (Å²) in [5.74, 6) is 1.43. The highest BCUT2D eigenvalue weighted by Gasteiger charge is 2.12. The van der Waals surface area contributed by atoms with Crippen LogP contribution in [0.25, 0.3) is 0 Å². The fraction of sp³-hybridized carbons (Fsp3) is 0.357. The fourth-order valence-corrected chi connectivity index (χ4v) is 1.88. The normalized spacial score (nSPS) is 12.3. The van der Waals surface area contributed by atoms with Crippen LogP contribution in [0.3, 0.4) is 0 Å². The van der Waals surface area contributed by atoms with Crippen molar-refractivity contribution in [2.45, 2.75) is 33.4 Å². The monoisotopic (exact) mass is 275 g/mol. The average Bonchev–Trinajstić information content (AvgIpc) is 2.75. The lowest BCUT2D eigenvalue weighted by molar-refractivity contribution is -0.384. The molecule has 0 saturated carbocycles. The highest BCUT2D eigenvalue weighted by molar-refractivity contribution is 5.35. The molecule has 6 nitrogen and oxygen atoms in total. The first-order valence-corrected chi connectivity index (χ1v) is 6.38. The van der Waals surface area contributed by atoms with E-state index in [1.807, 2.05) is 26.8 Å². The molecule has 1 unspecified atom stereocenters. The smallest absolute Gasteiger partial charge is 0.269 e. The maximum absolute atomic E-state index is 10.8. The Labute approximate surface area is 117 Å². The van der Waals surface area contributed by atoms with Crippen LogP contribution >= 0.6 is 0 Å². The third-order valence-electron chi connectivity index (χ3n) is 3.21. The Bertz CT molecular complexity index is 602. The summed E-state index contributed by atoms with van der Waals surface area (Å²) in [5.41, 5.74) is 1.84. The van der Waals surface area contributed by atoms with Crippen molar-refractivity contribution >= 4 is 5.69 Å². The van der Waals surface area contributed by atoms with Crippen LogP contribution in [0.4, 0.5) is 5.69 Å². The summed E-state index contributed by atoms with van der Waals surface area (Å²) in [4.78, 5) is 14.6. The van der Waals surface area contributed by atoms with Gasteiger partial charge in [-0.1, -0.05) is 12.1 Å². The predicted octanol–water partition coefficient (Wildman–Crippen LogP) is 3.05.